The monoisotopic (exact) mass is 463 g/mol. The Kier molecular flexibility index (Phi) is 7.50. The van der Waals surface area contributed by atoms with Gasteiger partial charge in [0.05, 0.1) is 36.9 Å². The van der Waals surface area contributed by atoms with Crippen LogP contribution in [0.1, 0.15) is 36.6 Å². The number of nitrogens with zero attached hydrogens (tertiary/aromatic N) is 3. The van der Waals surface area contributed by atoms with Crippen molar-refractivity contribution in [3.8, 4) is 5.75 Å². The summed E-state index contributed by atoms with van der Waals surface area (Å²) >= 11 is 0. The number of methoxy groups -OCH3 is 1. The molecule has 33 heavy (non-hydrogen) atoms. The number of benzene rings is 1. The zero-order valence-corrected chi connectivity index (χ0v) is 19.1. The van der Waals surface area contributed by atoms with Crippen molar-refractivity contribution in [1.29, 1.82) is 0 Å². The summed E-state index contributed by atoms with van der Waals surface area (Å²) in [7, 11) is 3.17. The van der Waals surface area contributed by atoms with Crippen molar-refractivity contribution in [2.75, 3.05) is 37.1 Å². The van der Waals surface area contributed by atoms with Crippen LogP contribution in [-0.2, 0) is 15.7 Å². The normalized spacial score (nSPS) is 16.3. The lowest BCUT2D eigenvalue weighted by molar-refractivity contribution is -0.137. The van der Waals surface area contributed by atoms with E-state index in [4.69, 9.17) is 9.47 Å². The fourth-order valence-electron chi connectivity index (χ4n) is 3.85. The van der Waals surface area contributed by atoms with E-state index in [2.05, 4.69) is 4.98 Å². The van der Waals surface area contributed by atoms with Crippen LogP contribution in [0, 0.1) is 6.92 Å². The van der Waals surface area contributed by atoms with Crippen LogP contribution in [-0.4, -0.2) is 44.2 Å². The first-order valence-electron chi connectivity index (χ1n) is 10.7. The molecule has 6 nitrogen and oxygen atoms in total. The molecule has 1 saturated heterocycles. The number of pyridine rings is 1. The Hall–Kier alpha value is -3.23. The van der Waals surface area contributed by atoms with Crippen LogP contribution in [0.4, 0.5) is 24.7 Å². The van der Waals surface area contributed by atoms with Gasteiger partial charge in [0.1, 0.15) is 17.6 Å². The van der Waals surface area contributed by atoms with Gasteiger partial charge < -0.3 is 19.3 Å². The SMILES string of the molecule is CCO/C=C/c1cc(C(F)(F)F)cc(N2CCCC2C(=O)N(C)c2cc(C)ccc2OC)n1. The molecule has 0 spiro atoms. The number of hydrogen-bond donors (Lipinski definition) is 0. The van der Waals surface area contributed by atoms with Gasteiger partial charge in [-0.15, -0.1) is 0 Å². The summed E-state index contributed by atoms with van der Waals surface area (Å²) in [6.07, 6.45) is -0.664. The van der Waals surface area contributed by atoms with Gasteiger partial charge >= 0.3 is 6.18 Å². The van der Waals surface area contributed by atoms with Crippen LogP contribution in [0.2, 0.25) is 0 Å². The number of carbonyl (C=O) groups excluding carboxylic acids is 1. The number of alkyl halides is 3. The minimum Gasteiger partial charge on any atom is -0.501 e. The molecule has 1 aromatic carbocycles. The van der Waals surface area contributed by atoms with Gasteiger partial charge in [-0.05, 0) is 62.6 Å². The second-order valence-electron chi connectivity index (χ2n) is 7.82. The molecule has 1 atom stereocenters. The second-order valence-corrected chi connectivity index (χ2v) is 7.82. The predicted molar refractivity (Wildman–Crippen MR) is 121 cm³/mol. The van der Waals surface area contributed by atoms with Crippen LogP contribution in [0.25, 0.3) is 6.08 Å². The Balaban J connectivity index is 1.95. The first-order valence-corrected chi connectivity index (χ1v) is 10.7. The first-order chi connectivity index (χ1) is 15.7. The Labute approximate surface area is 191 Å². The molecule has 0 radical (unpaired) electrons. The molecular weight excluding hydrogens is 435 g/mol. The standard InChI is InChI=1S/C24H28F3N3O3/c1-5-33-12-10-18-14-17(24(25,26)27)15-22(28-18)30-11-6-7-19(30)23(31)29(3)20-13-16(2)8-9-21(20)32-4/h8-10,12-15,19H,5-7,11H2,1-4H3/b12-10+. The van der Waals surface area contributed by atoms with Gasteiger partial charge in [0.15, 0.2) is 0 Å². The average molecular weight is 464 g/mol. The van der Waals surface area contributed by atoms with Gasteiger partial charge in [0, 0.05) is 13.6 Å². The van der Waals surface area contributed by atoms with E-state index in [9.17, 15) is 18.0 Å². The molecule has 1 fully saturated rings. The highest BCUT2D eigenvalue weighted by atomic mass is 19.4. The summed E-state index contributed by atoms with van der Waals surface area (Å²) in [5, 5.41) is 0. The Morgan fingerprint density at radius 2 is 2.06 bits per heavy atom. The van der Waals surface area contributed by atoms with Crippen LogP contribution < -0.4 is 14.5 Å². The fourth-order valence-corrected chi connectivity index (χ4v) is 3.85. The third kappa shape index (κ3) is 5.58. The molecule has 0 N–H and O–H groups in total. The van der Waals surface area contributed by atoms with Gasteiger partial charge in [0.2, 0.25) is 5.91 Å². The van der Waals surface area contributed by atoms with Gasteiger partial charge in [-0.3, -0.25) is 4.79 Å². The highest BCUT2D eigenvalue weighted by Crippen LogP contribution is 2.35. The number of rotatable bonds is 7. The number of likely N-dealkylation sites (N-methyl/N-ethyl adjacent to an activating group) is 1. The molecule has 1 aromatic heterocycles. The maximum absolute atomic E-state index is 13.6. The van der Waals surface area contributed by atoms with E-state index in [1.54, 1.807) is 24.9 Å². The second kappa shape index (κ2) is 10.1. The summed E-state index contributed by atoms with van der Waals surface area (Å²) in [4.78, 5) is 21.0. The molecule has 178 valence electrons. The quantitative estimate of drug-likeness (QED) is 0.538. The number of halogens is 3. The zero-order chi connectivity index (χ0) is 24.2. The third-order valence-electron chi connectivity index (χ3n) is 5.52. The van der Waals surface area contributed by atoms with E-state index in [0.717, 1.165) is 17.7 Å². The number of anilines is 2. The maximum atomic E-state index is 13.6. The molecule has 3 rings (SSSR count). The van der Waals surface area contributed by atoms with E-state index in [1.165, 1.54) is 24.3 Å². The molecule has 0 saturated carbocycles. The smallest absolute Gasteiger partial charge is 0.416 e. The van der Waals surface area contributed by atoms with E-state index in [1.807, 2.05) is 19.1 Å². The number of ether oxygens (including phenoxy) is 2. The van der Waals surface area contributed by atoms with Crippen molar-refractivity contribution in [1.82, 2.24) is 4.98 Å². The highest BCUT2D eigenvalue weighted by Gasteiger charge is 2.37. The molecule has 1 aliphatic rings. The van der Waals surface area contributed by atoms with Gasteiger partial charge in [0.25, 0.3) is 0 Å². The molecule has 0 bridgehead atoms. The largest absolute Gasteiger partial charge is 0.501 e. The Bertz CT molecular complexity index is 1020. The lowest BCUT2D eigenvalue weighted by Crippen LogP contribution is -2.45. The van der Waals surface area contributed by atoms with Crippen molar-refractivity contribution in [2.24, 2.45) is 0 Å². The van der Waals surface area contributed by atoms with Crippen molar-refractivity contribution in [2.45, 2.75) is 38.9 Å². The van der Waals surface area contributed by atoms with Crippen LogP contribution in [0.15, 0.2) is 36.6 Å². The summed E-state index contributed by atoms with van der Waals surface area (Å²) < 4.78 is 51.2. The molecule has 1 amide bonds. The van der Waals surface area contributed by atoms with E-state index in [-0.39, 0.29) is 17.4 Å². The molecule has 0 aliphatic carbocycles. The Morgan fingerprint density at radius 1 is 1.30 bits per heavy atom. The number of aryl methyl sites for hydroxylation is 1. The minimum atomic E-state index is -4.54. The molecule has 9 heteroatoms. The van der Waals surface area contributed by atoms with E-state index >= 15 is 0 Å². The lowest BCUT2D eigenvalue weighted by atomic mass is 10.1. The van der Waals surface area contributed by atoms with Crippen molar-refractivity contribution < 1.29 is 27.4 Å². The highest BCUT2D eigenvalue weighted by molar-refractivity contribution is 6.00. The van der Waals surface area contributed by atoms with Crippen LogP contribution in [0.3, 0.4) is 0 Å². The average Bonchev–Trinajstić information content (AvgIpc) is 3.27. The summed E-state index contributed by atoms with van der Waals surface area (Å²) in [5.41, 5.74) is 0.848. The number of amides is 1. The summed E-state index contributed by atoms with van der Waals surface area (Å²) in [5.74, 6) is 0.421. The maximum Gasteiger partial charge on any atom is 0.416 e. The Morgan fingerprint density at radius 3 is 2.73 bits per heavy atom. The molecular formula is C24H28F3N3O3. The van der Waals surface area contributed by atoms with Gasteiger partial charge in [-0.1, -0.05) is 6.07 Å². The van der Waals surface area contributed by atoms with E-state index < -0.39 is 17.8 Å². The molecule has 2 heterocycles. The van der Waals surface area contributed by atoms with Crippen molar-refractivity contribution in [3.05, 3.63) is 53.4 Å². The third-order valence-corrected chi connectivity index (χ3v) is 5.52. The molecule has 1 unspecified atom stereocenters. The van der Waals surface area contributed by atoms with Gasteiger partial charge in [-0.25, -0.2) is 4.98 Å². The lowest BCUT2D eigenvalue weighted by Gasteiger charge is -2.30. The minimum absolute atomic E-state index is 0.111. The summed E-state index contributed by atoms with van der Waals surface area (Å²) in [6, 6.07) is 6.83. The number of hydrogen-bond acceptors (Lipinski definition) is 5. The van der Waals surface area contributed by atoms with Crippen LogP contribution in [0.5, 0.6) is 5.75 Å². The van der Waals surface area contributed by atoms with Gasteiger partial charge in [-0.2, -0.15) is 13.2 Å². The zero-order valence-electron chi connectivity index (χ0n) is 19.1. The van der Waals surface area contributed by atoms with Crippen molar-refractivity contribution in [3.63, 3.8) is 0 Å². The number of carbonyl (C=O) groups is 1. The number of aromatic nitrogens is 1. The first kappa shape index (κ1) is 24.4. The van der Waals surface area contributed by atoms with Crippen LogP contribution >= 0.6 is 0 Å². The fraction of sp³-hybridized carbons (Fsp3) is 0.417. The van der Waals surface area contributed by atoms with E-state index in [0.29, 0.717) is 37.4 Å². The molecule has 2 aromatic rings. The molecule has 1 aliphatic heterocycles. The van der Waals surface area contributed by atoms with Crippen molar-refractivity contribution >= 4 is 23.5 Å². The summed E-state index contributed by atoms with van der Waals surface area (Å²) in [6.45, 7) is 4.50. The predicted octanol–water partition coefficient (Wildman–Crippen LogP) is 5.06. The topological polar surface area (TPSA) is 54.9 Å².